The molecular weight excluding hydrogens is 502 g/mol. The number of amides is 2. The van der Waals surface area contributed by atoms with Crippen LogP contribution in [0.3, 0.4) is 0 Å². The summed E-state index contributed by atoms with van der Waals surface area (Å²) >= 11 is 7.59. The van der Waals surface area contributed by atoms with Crippen LogP contribution in [0.2, 0.25) is 5.02 Å². The first-order valence-electron chi connectivity index (χ1n) is 11.6. The fourth-order valence-electron chi connectivity index (χ4n) is 4.35. The zero-order chi connectivity index (χ0) is 25.7. The molecule has 4 rings (SSSR count). The lowest BCUT2D eigenvalue weighted by Crippen LogP contribution is -2.36. The van der Waals surface area contributed by atoms with E-state index in [4.69, 9.17) is 16.3 Å². The number of rotatable bonds is 7. The Labute approximate surface area is 217 Å². The van der Waals surface area contributed by atoms with Crippen LogP contribution in [0, 0.1) is 11.8 Å². The van der Waals surface area contributed by atoms with Gasteiger partial charge in [-0.3, -0.25) is 19.9 Å². The number of anilines is 2. The molecule has 1 aromatic carbocycles. The first-order chi connectivity index (χ1) is 17.3. The summed E-state index contributed by atoms with van der Waals surface area (Å²) in [4.78, 5) is 41.9. The van der Waals surface area contributed by atoms with E-state index in [1.807, 2.05) is 17.5 Å². The monoisotopic (exact) mass is 527 g/mol. The Balaban J connectivity index is 1.39. The molecule has 3 atom stereocenters. The van der Waals surface area contributed by atoms with Crippen molar-refractivity contribution in [2.45, 2.75) is 38.7 Å². The van der Waals surface area contributed by atoms with E-state index in [2.05, 4.69) is 15.6 Å². The summed E-state index contributed by atoms with van der Waals surface area (Å²) in [5.41, 5.74) is 2.35. The number of nitrogens with one attached hydrogen (secondary N) is 2. The van der Waals surface area contributed by atoms with Gasteiger partial charge in [0.25, 0.3) is 0 Å². The number of hydrogen-bond donors (Lipinski definition) is 3. The number of thiophene rings is 1. The van der Waals surface area contributed by atoms with Crippen LogP contribution in [0.15, 0.2) is 54.0 Å². The fourth-order valence-corrected chi connectivity index (χ4v) is 5.47. The van der Waals surface area contributed by atoms with E-state index in [9.17, 15) is 19.5 Å². The molecule has 2 aromatic heterocycles. The number of carbonyl (C=O) groups excluding carboxylic acids is 2. The molecule has 3 aromatic rings. The lowest BCUT2D eigenvalue weighted by molar-refractivity contribution is -0.147. The van der Waals surface area contributed by atoms with Crippen LogP contribution >= 0.6 is 22.9 Å². The number of carbonyl (C=O) groups is 3. The highest BCUT2D eigenvalue weighted by Gasteiger charge is 2.35. The number of halogens is 1. The molecule has 2 heterocycles. The zero-order valence-electron chi connectivity index (χ0n) is 19.6. The molecule has 0 spiro atoms. The second kappa shape index (κ2) is 11.5. The van der Waals surface area contributed by atoms with Crippen molar-refractivity contribution >= 4 is 52.3 Å². The average Bonchev–Trinajstić information content (AvgIpc) is 3.32. The summed E-state index contributed by atoms with van der Waals surface area (Å²) < 4.78 is 5.49. The third-order valence-corrected chi connectivity index (χ3v) is 7.49. The van der Waals surface area contributed by atoms with Gasteiger partial charge in [0.1, 0.15) is 6.10 Å². The highest BCUT2D eigenvalue weighted by molar-refractivity contribution is 7.14. The SMILES string of the molecule is CC(OC(=O)Nc1ccsc1-c1ccc(NC(=O)[C@H]2CCCC[C@@H]2C(=O)O)cn1)c1ccccc1Cl. The van der Waals surface area contributed by atoms with Gasteiger partial charge in [-0.2, -0.15) is 0 Å². The van der Waals surface area contributed by atoms with E-state index in [1.54, 1.807) is 37.3 Å². The van der Waals surface area contributed by atoms with Crippen molar-refractivity contribution < 1.29 is 24.2 Å². The van der Waals surface area contributed by atoms with Gasteiger partial charge in [0, 0.05) is 10.6 Å². The van der Waals surface area contributed by atoms with Crippen LogP contribution in [0.1, 0.15) is 44.3 Å². The topological polar surface area (TPSA) is 118 Å². The average molecular weight is 528 g/mol. The second-order valence-corrected chi connectivity index (χ2v) is 9.94. The van der Waals surface area contributed by atoms with Gasteiger partial charge in [0.15, 0.2) is 0 Å². The van der Waals surface area contributed by atoms with Crippen LogP contribution in [0.25, 0.3) is 10.6 Å². The van der Waals surface area contributed by atoms with Crippen LogP contribution in [-0.2, 0) is 14.3 Å². The molecular formula is C26H26ClN3O5S. The molecule has 1 aliphatic carbocycles. The molecule has 0 radical (unpaired) electrons. The smallest absolute Gasteiger partial charge is 0.412 e. The van der Waals surface area contributed by atoms with Gasteiger partial charge in [-0.15, -0.1) is 11.3 Å². The number of aromatic nitrogens is 1. The minimum Gasteiger partial charge on any atom is -0.481 e. The van der Waals surface area contributed by atoms with Gasteiger partial charge in [-0.25, -0.2) is 4.79 Å². The minimum atomic E-state index is -0.930. The summed E-state index contributed by atoms with van der Waals surface area (Å²) in [6.45, 7) is 1.75. The summed E-state index contributed by atoms with van der Waals surface area (Å²) in [6.07, 6.45) is 3.10. The largest absolute Gasteiger partial charge is 0.481 e. The number of carboxylic acid groups (broad SMARTS) is 1. The van der Waals surface area contributed by atoms with Crippen molar-refractivity contribution in [3.63, 3.8) is 0 Å². The van der Waals surface area contributed by atoms with Gasteiger partial charge in [-0.05, 0) is 49.4 Å². The molecule has 3 N–H and O–H groups in total. The Hall–Kier alpha value is -3.43. The number of carboxylic acids is 1. The van der Waals surface area contributed by atoms with Crippen molar-refractivity contribution in [2.24, 2.45) is 11.8 Å². The van der Waals surface area contributed by atoms with Gasteiger partial charge in [-0.1, -0.05) is 42.6 Å². The van der Waals surface area contributed by atoms with E-state index in [0.717, 1.165) is 17.7 Å². The molecule has 0 saturated heterocycles. The van der Waals surface area contributed by atoms with Crippen LogP contribution in [-0.4, -0.2) is 28.1 Å². The normalized spacial score (nSPS) is 18.2. The summed E-state index contributed by atoms with van der Waals surface area (Å²) in [5, 5.41) is 17.3. The lowest BCUT2D eigenvalue weighted by atomic mass is 9.78. The van der Waals surface area contributed by atoms with Crippen molar-refractivity contribution in [1.29, 1.82) is 0 Å². The minimum absolute atomic E-state index is 0.300. The molecule has 1 aliphatic rings. The molecule has 1 unspecified atom stereocenters. The molecule has 8 nitrogen and oxygen atoms in total. The number of pyridine rings is 1. The van der Waals surface area contributed by atoms with E-state index in [-0.39, 0.29) is 5.91 Å². The predicted octanol–water partition coefficient (Wildman–Crippen LogP) is 6.60. The summed E-state index contributed by atoms with van der Waals surface area (Å²) in [6, 6.07) is 12.4. The van der Waals surface area contributed by atoms with Crippen molar-refractivity contribution in [2.75, 3.05) is 10.6 Å². The number of nitrogens with zero attached hydrogens (tertiary/aromatic N) is 1. The first-order valence-corrected chi connectivity index (χ1v) is 12.9. The quantitative estimate of drug-likeness (QED) is 0.318. The van der Waals surface area contributed by atoms with Gasteiger partial charge in [0.05, 0.1) is 40.0 Å². The molecule has 0 bridgehead atoms. The third-order valence-electron chi connectivity index (χ3n) is 6.21. The van der Waals surface area contributed by atoms with Gasteiger partial charge >= 0.3 is 12.1 Å². The summed E-state index contributed by atoms with van der Waals surface area (Å²) in [7, 11) is 0. The molecule has 1 saturated carbocycles. The van der Waals surface area contributed by atoms with E-state index >= 15 is 0 Å². The maximum Gasteiger partial charge on any atom is 0.412 e. The van der Waals surface area contributed by atoms with Crippen molar-refractivity contribution in [3.8, 4) is 10.6 Å². The van der Waals surface area contributed by atoms with E-state index < -0.39 is 30.0 Å². The Morgan fingerprint density at radius 1 is 1.08 bits per heavy atom. The lowest BCUT2D eigenvalue weighted by Gasteiger charge is -2.27. The molecule has 36 heavy (non-hydrogen) atoms. The number of hydrogen-bond acceptors (Lipinski definition) is 6. The molecule has 10 heteroatoms. The highest BCUT2D eigenvalue weighted by atomic mass is 35.5. The van der Waals surface area contributed by atoms with Crippen LogP contribution in [0.5, 0.6) is 0 Å². The number of aliphatic carboxylic acids is 1. The van der Waals surface area contributed by atoms with Crippen molar-refractivity contribution in [1.82, 2.24) is 4.98 Å². The molecule has 1 fully saturated rings. The van der Waals surface area contributed by atoms with Crippen LogP contribution in [0.4, 0.5) is 16.2 Å². The molecule has 188 valence electrons. The highest BCUT2D eigenvalue weighted by Crippen LogP contribution is 2.34. The predicted molar refractivity (Wildman–Crippen MR) is 139 cm³/mol. The standard InChI is InChI=1S/C26H26ClN3O5S/c1-15(17-6-4-5-9-20(17)27)35-26(34)30-22-12-13-36-23(22)21-11-10-16(14-28-21)29-24(31)18-7-2-3-8-19(18)25(32)33/h4-6,9-15,18-19H,2-3,7-8H2,1H3,(H,29,31)(H,30,34)(H,32,33)/t15?,18-,19-/m0/s1. The van der Waals surface area contributed by atoms with E-state index in [1.165, 1.54) is 17.5 Å². The maximum atomic E-state index is 12.7. The maximum absolute atomic E-state index is 12.7. The van der Waals surface area contributed by atoms with Gasteiger partial charge < -0.3 is 15.2 Å². The summed E-state index contributed by atoms with van der Waals surface area (Å²) in [5.74, 6) is -2.44. The Bertz CT molecular complexity index is 1250. The molecule has 2 amide bonds. The second-order valence-electron chi connectivity index (χ2n) is 8.61. The molecule has 0 aliphatic heterocycles. The Kier molecular flexibility index (Phi) is 8.22. The number of ether oxygens (including phenoxy) is 1. The first kappa shape index (κ1) is 25.7. The Morgan fingerprint density at radius 3 is 2.53 bits per heavy atom. The van der Waals surface area contributed by atoms with Crippen molar-refractivity contribution in [3.05, 3.63) is 64.6 Å². The zero-order valence-corrected chi connectivity index (χ0v) is 21.1. The van der Waals surface area contributed by atoms with Crippen LogP contribution < -0.4 is 10.6 Å². The third kappa shape index (κ3) is 6.03. The Morgan fingerprint density at radius 2 is 1.83 bits per heavy atom. The van der Waals surface area contributed by atoms with Gasteiger partial charge in [0.2, 0.25) is 5.91 Å². The van der Waals surface area contributed by atoms with E-state index in [0.29, 0.717) is 40.5 Å². The number of benzene rings is 1. The fraction of sp³-hybridized carbons (Fsp3) is 0.308.